The Labute approximate surface area is 191 Å². The first-order valence-electron chi connectivity index (χ1n) is 11.9. The predicted octanol–water partition coefficient (Wildman–Crippen LogP) is 2.68. The van der Waals surface area contributed by atoms with E-state index in [0.717, 1.165) is 31.2 Å². The molecule has 1 heterocycles. The van der Waals surface area contributed by atoms with Gasteiger partial charge in [-0.25, -0.2) is 0 Å². The molecular weight excluding hydrogens is 406 g/mol. The maximum atomic E-state index is 12.9. The number of fused-ring (bicyclic) bond motifs is 1. The third-order valence-corrected chi connectivity index (χ3v) is 8.01. The predicted molar refractivity (Wildman–Crippen MR) is 122 cm³/mol. The molecule has 0 spiro atoms. The standard InChI is InChI=1S/C25H39N3O4/c1-16(24(31)27-15-18-6-5-12-26-14-18)19-7-10-25(3)11-8-20(17(2)22(25)23(19)30)28-21(29)9-13-32-4/h5-6,12,14,16-17,19-20,22-23,30H,7-11,13,15H2,1-4H3,(H,27,31)(H,28,29)/t16-,17+,19?,20-,22+,23-,25-/m0/s1. The van der Waals surface area contributed by atoms with Crippen LogP contribution < -0.4 is 10.6 Å². The van der Waals surface area contributed by atoms with E-state index in [0.29, 0.717) is 19.6 Å². The third kappa shape index (κ3) is 5.49. The van der Waals surface area contributed by atoms with E-state index in [2.05, 4.69) is 29.5 Å². The highest BCUT2D eigenvalue weighted by Crippen LogP contribution is 2.55. The molecule has 0 aliphatic heterocycles. The van der Waals surface area contributed by atoms with Crippen molar-refractivity contribution >= 4 is 11.8 Å². The highest BCUT2D eigenvalue weighted by Gasteiger charge is 2.53. The lowest BCUT2D eigenvalue weighted by Gasteiger charge is -2.56. The van der Waals surface area contributed by atoms with Crippen LogP contribution >= 0.6 is 0 Å². The number of pyridine rings is 1. The summed E-state index contributed by atoms with van der Waals surface area (Å²) in [5.41, 5.74) is 0.993. The fourth-order valence-electron chi connectivity index (χ4n) is 6.02. The summed E-state index contributed by atoms with van der Waals surface area (Å²) in [5, 5.41) is 17.6. The molecule has 178 valence electrons. The van der Waals surface area contributed by atoms with Gasteiger partial charge in [0, 0.05) is 44.4 Å². The van der Waals surface area contributed by atoms with Crippen molar-refractivity contribution in [1.82, 2.24) is 15.6 Å². The van der Waals surface area contributed by atoms with Crippen LogP contribution in [0.4, 0.5) is 0 Å². The summed E-state index contributed by atoms with van der Waals surface area (Å²) < 4.78 is 5.02. The number of carbonyl (C=O) groups is 2. The molecule has 3 rings (SSSR count). The summed E-state index contributed by atoms with van der Waals surface area (Å²) in [4.78, 5) is 29.2. The molecule has 1 unspecified atom stereocenters. The number of methoxy groups -OCH3 is 1. The molecule has 2 amide bonds. The minimum absolute atomic E-state index is 0.00250. The molecule has 2 aliphatic rings. The first-order chi connectivity index (χ1) is 15.3. The average molecular weight is 446 g/mol. The van der Waals surface area contributed by atoms with Crippen LogP contribution in [0.2, 0.25) is 0 Å². The van der Waals surface area contributed by atoms with Crippen molar-refractivity contribution in [2.75, 3.05) is 13.7 Å². The Kier molecular flexibility index (Phi) is 8.28. The zero-order chi connectivity index (χ0) is 23.3. The monoisotopic (exact) mass is 445 g/mol. The van der Waals surface area contributed by atoms with Gasteiger partial charge in [0.25, 0.3) is 0 Å². The van der Waals surface area contributed by atoms with Gasteiger partial charge in [-0.3, -0.25) is 14.6 Å². The third-order valence-electron chi connectivity index (χ3n) is 8.01. The maximum absolute atomic E-state index is 12.9. The van der Waals surface area contributed by atoms with Gasteiger partial charge in [0.2, 0.25) is 11.8 Å². The van der Waals surface area contributed by atoms with Gasteiger partial charge in [-0.1, -0.05) is 26.8 Å². The van der Waals surface area contributed by atoms with Crippen molar-refractivity contribution in [3.05, 3.63) is 30.1 Å². The molecule has 32 heavy (non-hydrogen) atoms. The van der Waals surface area contributed by atoms with E-state index in [9.17, 15) is 14.7 Å². The van der Waals surface area contributed by atoms with E-state index >= 15 is 0 Å². The number of ether oxygens (including phenoxy) is 1. The number of aromatic nitrogens is 1. The van der Waals surface area contributed by atoms with Gasteiger partial charge >= 0.3 is 0 Å². The number of aliphatic hydroxyl groups excluding tert-OH is 1. The Balaban J connectivity index is 1.64. The molecule has 0 radical (unpaired) electrons. The summed E-state index contributed by atoms with van der Waals surface area (Å²) >= 11 is 0. The summed E-state index contributed by atoms with van der Waals surface area (Å²) in [7, 11) is 1.59. The van der Waals surface area contributed by atoms with Crippen LogP contribution in [0.5, 0.6) is 0 Å². The SMILES string of the molecule is COCCC(=O)N[C@H]1CC[C@]2(C)CCC([C@H](C)C(=O)NCc3cccnc3)[C@H](O)[C@H]2[C@@H]1C. The van der Waals surface area contributed by atoms with Crippen LogP contribution in [0.15, 0.2) is 24.5 Å². The van der Waals surface area contributed by atoms with Gasteiger partial charge in [0.1, 0.15) is 0 Å². The molecule has 0 bridgehead atoms. The number of hydrogen-bond donors (Lipinski definition) is 3. The molecule has 0 aromatic carbocycles. The number of nitrogens with one attached hydrogen (secondary N) is 2. The molecule has 2 saturated carbocycles. The van der Waals surface area contributed by atoms with Crippen LogP contribution in [0.3, 0.4) is 0 Å². The second-order valence-corrected chi connectivity index (χ2v) is 10.1. The quantitative estimate of drug-likeness (QED) is 0.571. The molecule has 7 atom stereocenters. The van der Waals surface area contributed by atoms with Crippen molar-refractivity contribution < 1.29 is 19.4 Å². The van der Waals surface area contributed by atoms with E-state index in [1.807, 2.05) is 19.1 Å². The van der Waals surface area contributed by atoms with Crippen LogP contribution in [0.1, 0.15) is 58.4 Å². The molecule has 7 heteroatoms. The molecule has 2 aliphatic carbocycles. The van der Waals surface area contributed by atoms with Crippen LogP contribution in [-0.2, 0) is 20.9 Å². The minimum Gasteiger partial charge on any atom is -0.392 e. The van der Waals surface area contributed by atoms with Gasteiger partial charge in [0.05, 0.1) is 12.7 Å². The van der Waals surface area contributed by atoms with E-state index in [1.165, 1.54) is 0 Å². The molecule has 1 aromatic rings. The smallest absolute Gasteiger partial charge is 0.223 e. The first kappa shape index (κ1) is 24.6. The number of amides is 2. The van der Waals surface area contributed by atoms with Crippen molar-refractivity contribution in [3.63, 3.8) is 0 Å². The second-order valence-electron chi connectivity index (χ2n) is 10.1. The lowest BCUT2D eigenvalue weighted by Crippen LogP contribution is -2.58. The number of rotatable bonds is 8. The van der Waals surface area contributed by atoms with Crippen LogP contribution in [-0.4, -0.2) is 47.8 Å². The van der Waals surface area contributed by atoms with Gasteiger partial charge in [-0.2, -0.15) is 0 Å². The van der Waals surface area contributed by atoms with Crippen molar-refractivity contribution in [2.45, 2.75) is 71.6 Å². The van der Waals surface area contributed by atoms with Gasteiger partial charge in [-0.15, -0.1) is 0 Å². The van der Waals surface area contributed by atoms with Crippen molar-refractivity contribution in [2.24, 2.45) is 29.1 Å². The van der Waals surface area contributed by atoms with Gasteiger partial charge in [-0.05, 0) is 60.5 Å². The number of nitrogens with zero attached hydrogens (tertiary/aromatic N) is 1. The van der Waals surface area contributed by atoms with Crippen LogP contribution in [0.25, 0.3) is 0 Å². The minimum atomic E-state index is -0.568. The zero-order valence-corrected chi connectivity index (χ0v) is 19.8. The Bertz CT molecular complexity index is 774. The largest absolute Gasteiger partial charge is 0.392 e. The molecular formula is C25H39N3O4. The van der Waals surface area contributed by atoms with E-state index in [4.69, 9.17) is 4.74 Å². The van der Waals surface area contributed by atoms with E-state index < -0.39 is 6.10 Å². The Morgan fingerprint density at radius 1 is 1.34 bits per heavy atom. The molecule has 7 nitrogen and oxygen atoms in total. The lowest BCUT2D eigenvalue weighted by molar-refractivity contribution is -0.144. The highest BCUT2D eigenvalue weighted by atomic mass is 16.5. The van der Waals surface area contributed by atoms with Gasteiger partial charge < -0.3 is 20.5 Å². The summed E-state index contributed by atoms with van der Waals surface area (Å²) in [5.74, 6) is -0.214. The summed E-state index contributed by atoms with van der Waals surface area (Å²) in [6, 6.07) is 3.83. The number of aliphatic hydroxyl groups is 1. The summed E-state index contributed by atoms with van der Waals surface area (Å²) in [6.07, 6.45) is 6.97. The Hall–Kier alpha value is -1.99. The average Bonchev–Trinajstić information content (AvgIpc) is 2.78. The number of hydrogen-bond acceptors (Lipinski definition) is 5. The summed E-state index contributed by atoms with van der Waals surface area (Å²) in [6.45, 7) is 7.18. The first-order valence-corrected chi connectivity index (χ1v) is 11.9. The topological polar surface area (TPSA) is 101 Å². The molecule has 0 saturated heterocycles. The van der Waals surface area contributed by atoms with E-state index in [1.54, 1.807) is 19.5 Å². The normalized spacial score (nSPS) is 33.1. The maximum Gasteiger partial charge on any atom is 0.223 e. The van der Waals surface area contributed by atoms with Crippen LogP contribution in [0, 0.1) is 29.1 Å². The molecule has 2 fully saturated rings. The molecule has 3 N–H and O–H groups in total. The fourth-order valence-corrected chi connectivity index (χ4v) is 6.02. The molecule has 1 aromatic heterocycles. The van der Waals surface area contributed by atoms with E-state index in [-0.39, 0.29) is 46.9 Å². The Morgan fingerprint density at radius 3 is 2.78 bits per heavy atom. The Morgan fingerprint density at radius 2 is 2.09 bits per heavy atom. The van der Waals surface area contributed by atoms with Gasteiger partial charge in [0.15, 0.2) is 0 Å². The fraction of sp³-hybridized carbons (Fsp3) is 0.720. The number of carbonyl (C=O) groups excluding carboxylic acids is 2. The second kappa shape index (κ2) is 10.8. The van der Waals surface area contributed by atoms with Crippen molar-refractivity contribution in [3.8, 4) is 0 Å². The zero-order valence-electron chi connectivity index (χ0n) is 19.8. The lowest BCUT2D eigenvalue weighted by atomic mass is 9.51. The van der Waals surface area contributed by atoms with Crippen molar-refractivity contribution in [1.29, 1.82) is 0 Å². The highest BCUT2D eigenvalue weighted by molar-refractivity contribution is 5.78.